The number of hydrogen-bond donors (Lipinski definition) is 1. The van der Waals surface area contributed by atoms with Gasteiger partial charge in [0.1, 0.15) is 0 Å². The highest BCUT2D eigenvalue weighted by Crippen LogP contribution is 2.24. The van der Waals surface area contributed by atoms with Crippen molar-refractivity contribution in [1.82, 2.24) is 14.8 Å². The zero-order valence-electron chi connectivity index (χ0n) is 13.9. The third kappa shape index (κ3) is 4.15. The molecule has 118 valence electrons. The van der Waals surface area contributed by atoms with Gasteiger partial charge in [-0.05, 0) is 34.0 Å². The molecular formula is C16H29N5. The fraction of sp³-hybridized carbons (Fsp3) is 0.688. The van der Waals surface area contributed by atoms with E-state index in [0.29, 0.717) is 6.54 Å². The molecule has 1 saturated heterocycles. The molecule has 0 unspecified atom stereocenters. The number of likely N-dealkylation sites (N-methyl/N-ethyl adjacent to an activating group) is 1. The summed E-state index contributed by atoms with van der Waals surface area (Å²) in [5.41, 5.74) is 10.6. The lowest BCUT2D eigenvalue weighted by atomic mass is 10.1. The number of piperazine rings is 1. The van der Waals surface area contributed by atoms with Gasteiger partial charge >= 0.3 is 0 Å². The summed E-state index contributed by atoms with van der Waals surface area (Å²) in [6.45, 7) is 11.4. The maximum absolute atomic E-state index is 5.93. The molecule has 0 saturated carbocycles. The molecule has 0 radical (unpaired) electrons. The first-order valence-corrected chi connectivity index (χ1v) is 7.80. The maximum atomic E-state index is 5.93. The lowest BCUT2D eigenvalue weighted by molar-refractivity contribution is 0.229. The van der Waals surface area contributed by atoms with Crippen molar-refractivity contribution in [3.63, 3.8) is 0 Å². The van der Waals surface area contributed by atoms with Crippen LogP contribution in [0.25, 0.3) is 0 Å². The van der Waals surface area contributed by atoms with Gasteiger partial charge in [-0.25, -0.2) is 0 Å². The van der Waals surface area contributed by atoms with Crippen LogP contribution < -0.4 is 10.6 Å². The third-order valence-corrected chi connectivity index (χ3v) is 4.22. The average Bonchev–Trinajstić information content (AvgIpc) is 2.45. The Balaban J connectivity index is 2.02. The predicted molar refractivity (Wildman–Crippen MR) is 88.8 cm³/mol. The van der Waals surface area contributed by atoms with Crippen LogP contribution in [0.4, 0.5) is 5.69 Å². The summed E-state index contributed by atoms with van der Waals surface area (Å²) >= 11 is 0. The summed E-state index contributed by atoms with van der Waals surface area (Å²) < 4.78 is 0. The minimum Gasteiger partial charge on any atom is -0.369 e. The summed E-state index contributed by atoms with van der Waals surface area (Å²) in [6.07, 6.45) is 0. The molecule has 1 fully saturated rings. The molecule has 2 N–H and O–H groups in total. The molecule has 1 aliphatic heterocycles. The van der Waals surface area contributed by atoms with Gasteiger partial charge in [0, 0.05) is 68.5 Å². The van der Waals surface area contributed by atoms with E-state index in [-0.39, 0.29) is 0 Å². The molecule has 21 heavy (non-hydrogen) atoms. The number of nitrogens with two attached hydrogens (primary N) is 1. The second-order valence-electron chi connectivity index (χ2n) is 6.18. The van der Waals surface area contributed by atoms with Crippen LogP contribution in [-0.2, 0) is 6.54 Å². The molecule has 5 nitrogen and oxygen atoms in total. The number of rotatable bonds is 5. The fourth-order valence-corrected chi connectivity index (χ4v) is 2.92. The molecule has 2 rings (SSSR count). The van der Waals surface area contributed by atoms with Crippen molar-refractivity contribution in [2.24, 2.45) is 5.73 Å². The van der Waals surface area contributed by atoms with E-state index in [4.69, 9.17) is 5.73 Å². The van der Waals surface area contributed by atoms with Gasteiger partial charge < -0.3 is 15.5 Å². The standard InChI is InChI=1S/C16H29N5/c1-13-11-16(15(12-17)14(2)18-13)21-9-7-20(8-10-21)6-5-19(3)4/h11H,5-10,12,17H2,1-4H3. The number of hydrogen-bond acceptors (Lipinski definition) is 5. The van der Waals surface area contributed by atoms with Crippen LogP contribution in [0, 0.1) is 13.8 Å². The average molecular weight is 291 g/mol. The highest BCUT2D eigenvalue weighted by atomic mass is 15.3. The van der Waals surface area contributed by atoms with Gasteiger partial charge in [-0.1, -0.05) is 0 Å². The largest absolute Gasteiger partial charge is 0.369 e. The van der Waals surface area contributed by atoms with E-state index in [1.807, 2.05) is 0 Å². The Morgan fingerprint density at radius 3 is 2.43 bits per heavy atom. The van der Waals surface area contributed by atoms with Crippen LogP contribution >= 0.6 is 0 Å². The quantitative estimate of drug-likeness (QED) is 0.871. The Kier molecular flexibility index (Phi) is 5.56. The first-order chi connectivity index (χ1) is 10.0. The van der Waals surface area contributed by atoms with Crippen molar-refractivity contribution in [1.29, 1.82) is 0 Å². The van der Waals surface area contributed by atoms with Gasteiger partial charge in [0.05, 0.1) is 0 Å². The second-order valence-corrected chi connectivity index (χ2v) is 6.18. The van der Waals surface area contributed by atoms with Gasteiger partial charge in [0.15, 0.2) is 0 Å². The molecule has 0 aromatic carbocycles. The molecule has 5 heteroatoms. The molecule has 0 amide bonds. The van der Waals surface area contributed by atoms with Crippen molar-refractivity contribution in [2.75, 3.05) is 58.3 Å². The number of aryl methyl sites for hydroxylation is 2. The number of nitrogens with zero attached hydrogens (tertiary/aromatic N) is 4. The lowest BCUT2D eigenvalue weighted by Crippen LogP contribution is -2.48. The Hall–Kier alpha value is -1.17. The fourth-order valence-electron chi connectivity index (χ4n) is 2.92. The highest BCUT2D eigenvalue weighted by molar-refractivity contribution is 5.56. The van der Waals surface area contributed by atoms with Gasteiger partial charge in [0.2, 0.25) is 0 Å². The van der Waals surface area contributed by atoms with Gasteiger partial charge in [-0.2, -0.15) is 0 Å². The summed E-state index contributed by atoms with van der Waals surface area (Å²) in [5.74, 6) is 0. The van der Waals surface area contributed by atoms with Crippen molar-refractivity contribution < 1.29 is 0 Å². The molecular weight excluding hydrogens is 262 g/mol. The van der Waals surface area contributed by atoms with Crippen LogP contribution in [-0.4, -0.2) is 68.1 Å². The summed E-state index contributed by atoms with van der Waals surface area (Å²) in [7, 11) is 4.26. The maximum Gasteiger partial charge on any atom is 0.0449 e. The molecule has 2 heterocycles. The summed E-state index contributed by atoms with van der Waals surface area (Å²) in [5, 5.41) is 0. The zero-order chi connectivity index (χ0) is 15.4. The molecule has 0 atom stereocenters. The molecule has 1 aromatic rings. The van der Waals surface area contributed by atoms with Crippen LogP contribution in [0.5, 0.6) is 0 Å². The summed E-state index contributed by atoms with van der Waals surface area (Å²) in [6, 6.07) is 2.19. The van der Waals surface area contributed by atoms with Crippen LogP contribution in [0.1, 0.15) is 17.0 Å². The second kappa shape index (κ2) is 7.20. The van der Waals surface area contributed by atoms with Crippen molar-refractivity contribution in [2.45, 2.75) is 20.4 Å². The lowest BCUT2D eigenvalue weighted by Gasteiger charge is -2.37. The Labute approximate surface area is 128 Å². The van der Waals surface area contributed by atoms with E-state index >= 15 is 0 Å². The highest BCUT2D eigenvalue weighted by Gasteiger charge is 2.20. The smallest absolute Gasteiger partial charge is 0.0449 e. The number of aromatic nitrogens is 1. The zero-order valence-corrected chi connectivity index (χ0v) is 13.9. The molecule has 1 aliphatic rings. The minimum absolute atomic E-state index is 0.565. The molecule has 1 aromatic heterocycles. The van der Waals surface area contributed by atoms with E-state index in [9.17, 15) is 0 Å². The molecule has 0 spiro atoms. The molecule has 0 bridgehead atoms. The number of anilines is 1. The van der Waals surface area contributed by atoms with Gasteiger partial charge in [-0.15, -0.1) is 0 Å². The Morgan fingerprint density at radius 1 is 1.19 bits per heavy atom. The number of pyridine rings is 1. The topological polar surface area (TPSA) is 48.6 Å². The van der Waals surface area contributed by atoms with E-state index in [2.05, 4.69) is 53.7 Å². The Morgan fingerprint density at radius 2 is 1.86 bits per heavy atom. The van der Waals surface area contributed by atoms with E-state index in [1.165, 1.54) is 11.3 Å². The van der Waals surface area contributed by atoms with Crippen molar-refractivity contribution in [3.8, 4) is 0 Å². The third-order valence-electron chi connectivity index (χ3n) is 4.22. The first kappa shape index (κ1) is 16.2. The SMILES string of the molecule is Cc1cc(N2CCN(CCN(C)C)CC2)c(CN)c(C)n1. The van der Waals surface area contributed by atoms with E-state index < -0.39 is 0 Å². The van der Waals surface area contributed by atoms with Crippen LogP contribution in [0.15, 0.2) is 6.07 Å². The van der Waals surface area contributed by atoms with Crippen molar-refractivity contribution >= 4 is 5.69 Å². The normalized spacial score (nSPS) is 16.8. The summed E-state index contributed by atoms with van der Waals surface area (Å²) in [4.78, 5) is 11.8. The Bertz CT molecular complexity index is 464. The predicted octanol–water partition coefficient (Wildman–Crippen LogP) is 0.841. The monoisotopic (exact) mass is 291 g/mol. The van der Waals surface area contributed by atoms with Gasteiger partial charge in [-0.3, -0.25) is 9.88 Å². The van der Waals surface area contributed by atoms with Crippen molar-refractivity contribution in [3.05, 3.63) is 23.0 Å². The van der Waals surface area contributed by atoms with E-state index in [0.717, 1.165) is 50.7 Å². The minimum atomic E-state index is 0.565. The van der Waals surface area contributed by atoms with Gasteiger partial charge in [0.25, 0.3) is 0 Å². The van der Waals surface area contributed by atoms with Crippen LogP contribution in [0.2, 0.25) is 0 Å². The van der Waals surface area contributed by atoms with Crippen LogP contribution in [0.3, 0.4) is 0 Å². The molecule has 0 aliphatic carbocycles. The van der Waals surface area contributed by atoms with E-state index in [1.54, 1.807) is 0 Å². The first-order valence-electron chi connectivity index (χ1n) is 7.80.